The van der Waals surface area contributed by atoms with Crippen molar-refractivity contribution < 1.29 is 34.9 Å². The first kappa shape index (κ1) is 34.5. The van der Waals surface area contributed by atoms with Crippen LogP contribution in [0.4, 0.5) is 5.69 Å². The molecule has 2 N–H and O–H groups in total. The Kier molecular flexibility index (Phi) is 9.63. The highest BCUT2D eigenvalue weighted by Gasteiger charge is 2.28. The van der Waals surface area contributed by atoms with Crippen molar-refractivity contribution in [1.29, 1.82) is 0 Å². The van der Waals surface area contributed by atoms with Gasteiger partial charge in [0, 0.05) is 33.5 Å². The molecule has 0 saturated heterocycles. The van der Waals surface area contributed by atoms with Gasteiger partial charge in [0.2, 0.25) is 5.58 Å². The van der Waals surface area contributed by atoms with E-state index >= 15 is 0 Å². The molecular formula is C37H35N2O7S4+. The lowest BCUT2D eigenvalue weighted by Crippen LogP contribution is -2.36. The largest absolute Gasteiger partial charge is 0.398 e. The summed E-state index contributed by atoms with van der Waals surface area (Å²) in [4.78, 5) is 3.15. The average molecular weight is 748 g/mol. The van der Waals surface area contributed by atoms with Gasteiger partial charge in [-0.1, -0.05) is 67.2 Å². The highest BCUT2D eigenvalue weighted by atomic mass is 32.2. The molecule has 0 saturated carbocycles. The molecule has 9 nitrogen and oxygen atoms in total. The molecule has 0 amide bonds. The van der Waals surface area contributed by atoms with Gasteiger partial charge in [0.25, 0.3) is 25.8 Å². The van der Waals surface area contributed by atoms with E-state index in [0.29, 0.717) is 31.0 Å². The molecule has 0 bridgehead atoms. The van der Waals surface area contributed by atoms with Crippen LogP contribution in [-0.2, 0) is 26.8 Å². The molecule has 0 fully saturated rings. The summed E-state index contributed by atoms with van der Waals surface area (Å²) in [6.07, 6.45) is 5.11. The van der Waals surface area contributed by atoms with Gasteiger partial charge in [-0.3, -0.25) is 9.11 Å². The van der Waals surface area contributed by atoms with E-state index in [1.165, 1.54) is 10.1 Å². The zero-order valence-electron chi connectivity index (χ0n) is 27.2. The maximum Gasteiger partial charge on any atom is 0.374 e. The van der Waals surface area contributed by atoms with Crippen LogP contribution in [0.15, 0.2) is 110 Å². The van der Waals surface area contributed by atoms with Gasteiger partial charge in [0.15, 0.2) is 6.54 Å². The third-order valence-electron chi connectivity index (χ3n) is 8.73. The smallest absolute Gasteiger partial charge is 0.374 e. The van der Waals surface area contributed by atoms with Crippen molar-refractivity contribution >= 4 is 87.1 Å². The normalized spacial score (nSPS) is 14.8. The van der Waals surface area contributed by atoms with Crippen molar-refractivity contribution in [1.82, 2.24) is 0 Å². The fourth-order valence-corrected chi connectivity index (χ4v) is 9.49. The van der Waals surface area contributed by atoms with Crippen LogP contribution in [0.2, 0.25) is 0 Å². The number of fused-ring (bicyclic) bond motifs is 5. The number of anilines is 1. The number of thiophene rings is 1. The van der Waals surface area contributed by atoms with Crippen molar-refractivity contribution in [3.63, 3.8) is 0 Å². The predicted molar refractivity (Wildman–Crippen MR) is 203 cm³/mol. The molecule has 4 aromatic carbocycles. The zero-order chi connectivity index (χ0) is 35.0. The number of hydrogen-bond acceptors (Lipinski definition) is 8. The Labute approximate surface area is 299 Å². The van der Waals surface area contributed by atoms with Gasteiger partial charge >= 0.3 is 5.89 Å². The van der Waals surface area contributed by atoms with Gasteiger partial charge in [-0.25, -0.2) is 0 Å². The SMILES string of the molecule is CCC(/C=C1\Sc2ccc(-c3csc4ccccc34)cc2N1CCCS(=O)(=O)O)=C\c1oc2ccc3ccccc3c2[n+]1CCCS(=O)(=O)O. The summed E-state index contributed by atoms with van der Waals surface area (Å²) in [7, 11) is -8.27. The van der Waals surface area contributed by atoms with Gasteiger partial charge in [0.1, 0.15) is 0 Å². The molecule has 3 heterocycles. The Hall–Kier alpha value is -3.98. The second-order valence-electron chi connectivity index (χ2n) is 12.1. The number of aryl methyl sites for hydroxylation is 1. The van der Waals surface area contributed by atoms with Gasteiger partial charge in [0.05, 0.1) is 33.7 Å². The van der Waals surface area contributed by atoms with Gasteiger partial charge in [-0.05, 0) is 71.2 Å². The molecule has 6 aromatic rings. The first-order valence-corrected chi connectivity index (χ1v) is 21.1. The molecule has 2 aromatic heterocycles. The summed E-state index contributed by atoms with van der Waals surface area (Å²) in [6.45, 7) is 2.73. The van der Waals surface area contributed by atoms with Crippen LogP contribution >= 0.6 is 23.1 Å². The van der Waals surface area contributed by atoms with Gasteiger partial charge in [-0.2, -0.15) is 21.4 Å². The minimum Gasteiger partial charge on any atom is -0.398 e. The van der Waals surface area contributed by atoms with Crippen LogP contribution < -0.4 is 9.47 Å². The van der Waals surface area contributed by atoms with Crippen molar-refractivity contribution in [3.05, 3.63) is 107 Å². The van der Waals surface area contributed by atoms with Crippen LogP contribution in [0.3, 0.4) is 0 Å². The number of allylic oxidation sites excluding steroid dienone is 2. The van der Waals surface area contributed by atoms with E-state index in [9.17, 15) is 25.9 Å². The fourth-order valence-electron chi connectivity index (χ4n) is 6.38. The molecule has 0 spiro atoms. The Morgan fingerprint density at radius 1 is 0.900 bits per heavy atom. The lowest BCUT2D eigenvalue weighted by atomic mass is 10.0. The maximum absolute atomic E-state index is 11.7. The average Bonchev–Trinajstić information content (AvgIpc) is 3.76. The molecule has 0 unspecified atom stereocenters. The van der Waals surface area contributed by atoms with E-state index in [0.717, 1.165) is 48.6 Å². The standard InChI is InChI=1S/C37H34N2O7S4/c1-2-25(21-35-39(18-8-20-50(43,44)45)37-28-10-4-3-9-26(28)13-15-32(37)46-35)22-36-38(17-7-19-49(40,41)42)31-23-27(14-16-34(31)48-36)30-24-47-33-12-6-5-11-29(30)33/h3-6,9-16,21-24H,2,7-8,17-20H2,1H3,(H-,40,41,42,43,44,45)/p+1. The Bertz CT molecular complexity index is 2530. The summed E-state index contributed by atoms with van der Waals surface area (Å²) < 4.78 is 75.0. The van der Waals surface area contributed by atoms with E-state index in [4.69, 9.17) is 4.42 Å². The molecular weight excluding hydrogens is 713 g/mol. The Morgan fingerprint density at radius 3 is 2.42 bits per heavy atom. The lowest BCUT2D eigenvalue weighted by molar-refractivity contribution is -0.677. The second kappa shape index (κ2) is 14.0. The van der Waals surface area contributed by atoms with Crippen molar-refractivity contribution in [2.45, 2.75) is 37.6 Å². The van der Waals surface area contributed by atoms with E-state index in [2.05, 4.69) is 46.7 Å². The predicted octanol–water partition coefficient (Wildman–Crippen LogP) is 8.56. The van der Waals surface area contributed by atoms with Crippen LogP contribution in [0.25, 0.3) is 49.2 Å². The topological polar surface area (TPSA) is 129 Å². The van der Waals surface area contributed by atoms with Crippen LogP contribution in [0.1, 0.15) is 32.1 Å². The summed E-state index contributed by atoms with van der Waals surface area (Å²) in [5, 5.41) is 6.24. The highest BCUT2D eigenvalue weighted by Crippen LogP contribution is 2.49. The number of hydrogen-bond donors (Lipinski definition) is 2. The van der Waals surface area contributed by atoms with Crippen LogP contribution in [0.5, 0.6) is 0 Å². The Morgan fingerprint density at radius 2 is 1.64 bits per heavy atom. The zero-order valence-corrected chi connectivity index (χ0v) is 30.4. The minimum absolute atomic E-state index is 0.194. The summed E-state index contributed by atoms with van der Waals surface area (Å²) in [5.74, 6) is -0.175. The van der Waals surface area contributed by atoms with E-state index in [-0.39, 0.29) is 24.3 Å². The van der Waals surface area contributed by atoms with E-state index < -0.39 is 20.2 Å². The maximum atomic E-state index is 11.7. The number of nitrogens with zero attached hydrogens (tertiary/aromatic N) is 2. The van der Waals surface area contributed by atoms with Crippen LogP contribution in [0, 0.1) is 0 Å². The molecule has 1 aliphatic rings. The van der Waals surface area contributed by atoms with Crippen LogP contribution in [-0.4, -0.2) is 44.0 Å². The van der Waals surface area contributed by atoms with Crippen molar-refractivity contribution in [2.75, 3.05) is 23.0 Å². The van der Waals surface area contributed by atoms with Gasteiger partial charge < -0.3 is 9.32 Å². The molecule has 258 valence electrons. The van der Waals surface area contributed by atoms with Crippen molar-refractivity contribution in [2.24, 2.45) is 0 Å². The monoisotopic (exact) mass is 747 g/mol. The first-order valence-electron chi connectivity index (χ1n) is 16.2. The molecule has 50 heavy (non-hydrogen) atoms. The third kappa shape index (κ3) is 7.39. The molecule has 7 rings (SSSR count). The molecule has 1 aliphatic heterocycles. The quantitative estimate of drug-likeness (QED) is 0.0935. The number of oxazole rings is 1. The number of rotatable bonds is 12. The van der Waals surface area contributed by atoms with E-state index in [1.54, 1.807) is 23.1 Å². The molecule has 13 heteroatoms. The number of thioether (sulfide) groups is 1. The van der Waals surface area contributed by atoms with E-state index in [1.807, 2.05) is 66.1 Å². The second-order valence-corrected chi connectivity index (χ2v) is 17.3. The Balaban J connectivity index is 1.29. The molecule has 0 aliphatic carbocycles. The molecule has 0 atom stereocenters. The summed E-state index contributed by atoms with van der Waals surface area (Å²) in [6, 6.07) is 26.5. The highest BCUT2D eigenvalue weighted by molar-refractivity contribution is 8.03. The van der Waals surface area contributed by atoms with Crippen molar-refractivity contribution in [3.8, 4) is 11.1 Å². The fraction of sp³-hybridized carbons (Fsp3) is 0.216. The number of aromatic nitrogens is 1. The number of benzene rings is 4. The van der Waals surface area contributed by atoms with Gasteiger partial charge in [-0.15, -0.1) is 11.3 Å². The summed E-state index contributed by atoms with van der Waals surface area (Å²) >= 11 is 3.29. The first-order chi connectivity index (χ1) is 24.0. The lowest BCUT2D eigenvalue weighted by Gasteiger charge is -2.21. The minimum atomic E-state index is -4.14. The summed E-state index contributed by atoms with van der Waals surface area (Å²) in [5.41, 5.74) is 5.61. The third-order valence-corrected chi connectivity index (χ3v) is 12.4. The molecule has 0 radical (unpaired) electrons.